The van der Waals surface area contributed by atoms with E-state index in [4.69, 9.17) is 24.4 Å². The van der Waals surface area contributed by atoms with E-state index in [1.165, 1.54) is 0 Å². The number of hydrazine groups is 1. The van der Waals surface area contributed by atoms with Gasteiger partial charge in [-0.15, -0.1) is 0 Å². The van der Waals surface area contributed by atoms with E-state index in [1.807, 2.05) is 84.5 Å². The van der Waals surface area contributed by atoms with Crippen LogP contribution >= 0.6 is 24.4 Å². The molecule has 0 saturated heterocycles. The lowest BCUT2D eigenvalue weighted by atomic mass is 10.3. The summed E-state index contributed by atoms with van der Waals surface area (Å²) in [6.45, 7) is 5.52. The highest BCUT2D eigenvalue weighted by Crippen LogP contribution is 2.19. The number of rotatable bonds is 4. The van der Waals surface area contributed by atoms with Crippen LogP contribution in [-0.2, 0) is 0 Å². The van der Waals surface area contributed by atoms with E-state index in [2.05, 4.69) is 10.6 Å². The summed E-state index contributed by atoms with van der Waals surface area (Å²) in [6.07, 6.45) is 0. The van der Waals surface area contributed by atoms with Gasteiger partial charge < -0.3 is 10.6 Å². The number of nitrogens with one attached hydrogen (secondary N) is 2. The van der Waals surface area contributed by atoms with Crippen LogP contribution in [0.1, 0.15) is 13.8 Å². The van der Waals surface area contributed by atoms with Gasteiger partial charge in [-0.1, -0.05) is 36.4 Å². The molecule has 0 atom stereocenters. The van der Waals surface area contributed by atoms with Crippen molar-refractivity contribution in [3.63, 3.8) is 0 Å². The molecule has 0 amide bonds. The summed E-state index contributed by atoms with van der Waals surface area (Å²) in [6, 6.07) is 19.8. The summed E-state index contributed by atoms with van der Waals surface area (Å²) in [4.78, 5) is 0. The topological polar surface area (TPSA) is 30.5 Å². The van der Waals surface area contributed by atoms with Crippen LogP contribution in [0.25, 0.3) is 0 Å². The highest BCUT2D eigenvalue weighted by molar-refractivity contribution is 7.81. The van der Waals surface area contributed by atoms with Gasteiger partial charge in [-0.2, -0.15) is 0 Å². The van der Waals surface area contributed by atoms with Gasteiger partial charge in [-0.05, 0) is 62.5 Å². The summed E-state index contributed by atoms with van der Waals surface area (Å²) in [5, 5.41) is 11.6. The van der Waals surface area contributed by atoms with Gasteiger partial charge in [0, 0.05) is 18.8 Å². The van der Waals surface area contributed by atoms with E-state index in [9.17, 15) is 0 Å². The Bertz CT molecular complexity index is 661. The minimum absolute atomic E-state index is 0.564. The smallest absolute Gasteiger partial charge is 0.197 e. The molecule has 0 aromatic heterocycles. The second kappa shape index (κ2) is 9.20. The first-order valence-corrected chi connectivity index (χ1v) is 8.75. The molecule has 0 aliphatic heterocycles. The molecule has 2 rings (SSSR count). The van der Waals surface area contributed by atoms with E-state index in [-0.39, 0.29) is 0 Å². The minimum Gasteiger partial charge on any atom is -0.361 e. The van der Waals surface area contributed by atoms with Crippen molar-refractivity contribution in [1.82, 2.24) is 10.3 Å². The Morgan fingerprint density at radius 2 is 1.46 bits per heavy atom. The molecule has 0 saturated carbocycles. The van der Waals surface area contributed by atoms with Gasteiger partial charge in [0.05, 0.1) is 5.69 Å². The van der Waals surface area contributed by atoms with Crippen molar-refractivity contribution < 1.29 is 0 Å². The maximum absolute atomic E-state index is 5.67. The molecule has 0 aliphatic carbocycles. The predicted molar refractivity (Wildman–Crippen MR) is 110 cm³/mol. The van der Waals surface area contributed by atoms with E-state index in [0.717, 1.165) is 17.9 Å². The van der Waals surface area contributed by atoms with Gasteiger partial charge in [0.2, 0.25) is 0 Å². The largest absolute Gasteiger partial charge is 0.361 e. The molecule has 0 aliphatic rings. The third kappa shape index (κ3) is 4.66. The molecular formula is C18H22N4S2. The van der Waals surface area contributed by atoms with Crippen LogP contribution in [-0.4, -0.2) is 28.3 Å². The molecule has 0 fully saturated rings. The Morgan fingerprint density at radius 1 is 0.875 bits per heavy atom. The van der Waals surface area contributed by atoms with Gasteiger partial charge in [0.25, 0.3) is 0 Å². The fraction of sp³-hybridized carbons (Fsp3) is 0.222. The van der Waals surface area contributed by atoms with Crippen LogP contribution in [0.15, 0.2) is 60.7 Å². The SMILES string of the molecule is CCNC(=S)N(CC)N(C(=S)Nc1ccccc1)c1ccccc1. The van der Waals surface area contributed by atoms with E-state index >= 15 is 0 Å². The zero-order chi connectivity index (χ0) is 17.4. The highest BCUT2D eigenvalue weighted by Gasteiger charge is 2.21. The predicted octanol–water partition coefficient (Wildman–Crippen LogP) is 4.02. The molecular weight excluding hydrogens is 336 g/mol. The maximum atomic E-state index is 5.67. The zero-order valence-electron chi connectivity index (χ0n) is 13.9. The van der Waals surface area contributed by atoms with Crippen LogP contribution in [0, 0.1) is 0 Å². The van der Waals surface area contributed by atoms with Crippen LogP contribution in [0.5, 0.6) is 0 Å². The van der Waals surface area contributed by atoms with Gasteiger partial charge >= 0.3 is 0 Å². The molecule has 2 N–H and O–H groups in total. The quantitative estimate of drug-likeness (QED) is 0.634. The van der Waals surface area contributed by atoms with Crippen LogP contribution in [0.2, 0.25) is 0 Å². The molecule has 0 unspecified atom stereocenters. The average Bonchev–Trinajstić information content (AvgIpc) is 2.61. The van der Waals surface area contributed by atoms with Gasteiger partial charge in [0.1, 0.15) is 0 Å². The summed E-state index contributed by atoms with van der Waals surface area (Å²) in [5.74, 6) is 0. The van der Waals surface area contributed by atoms with Crippen molar-refractivity contribution in [2.24, 2.45) is 0 Å². The molecule has 126 valence electrons. The third-order valence-corrected chi connectivity index (χ3v) is 3.95. The summed E-state index contributed by atoms with van der Waals surface area (Å²) >= 11 is 11.2. The van der Waals surface area contributed by atoms with Gasteiger partial charge in [0.15, 0.2) is 10.2 Å². The lowest BCUT2D eigenvalue weighted by Crippen LogP contribution is -2.54. The Balaban J connectivity index is 2.31. The molecule has 4 nitrogen and oxygen atoms in total. The van der Waals surface area contributed by atoms with E-state index in [1.54, 1.807) is 0 Å². The molecule has 2 aromatic rings. The molecule has 2 aromatic carbocycles. The van der Waals surface area contributed by atoms with E-state index < -0.39 is 0 Å². The normalized spacial score (nSPS) is 9.92. The van der Waals surface area contributed by atoms with Crippen molar-refractivity contribution in [3.8, 4) is 0 Å². The number of anilines is 2. The number of nitrogens with zero attached hydrogens (tertiary/aromatic N) is 2. The number of hydrogen-bond acceptors (Lipinski definition) is 2. The average molecular weight is 359 g/mol. The molecule has 6 heteroatoms. The Kier molecular flexibility index (Phi) is 6.96. The maximum Gasteiger partial charge on any atom is 0.197 e. The molecule has 24 heavy (non-hydrogen) atoms. The highest BCUT2D eigenvalue weighted by atomic mass is 32.1. The second-order valence-corrected chi connectivity index (χ2v) is 5.77. The fourth-order valence-electron chi connectivity index (χ4n) is 2.25. The summed E-state index contributed by atoms with van der Waals surface area (Å²) < 4.78 is 0. The molecule has 0 spiro atoms. The number of hydrogen-bond donors (Lipinski definition) is 2. The van der Waals surface area contributed by atoms with Crippen LogP contribution < -0.4 is 15.6 Å². The Morgan fingerprint density at radius 3 is 2.00 bits per heavy atom. The first kappa shape index (κ1) is 18.2. The number of benzene rings is 2. The van der Waals surface area contributed by atoms with Crippen LogP contribution in [0.3, 0.4) is 0 Å². The first-order valence-electron chi connectivity index (χ1n) is 7.93. The lowest BCUT2D eigenvalue weighted by Gasteiger charge is -2.37. The van der Waals surface area contributed by atoms with Crippen molar-refractivity contribution in [2.75, 3.05) is 23.4 Å². The van der Waals surface area contributed by atoms with E-state index in [0.29, 0.717) is 16.8 Å². The first-order chi connectivity index (χ1) is 11.7. The molecule has 0 radical (unpaired) electrons. The minimum atomic E-state index is 0.564. The lowest BCUT2D eigenvalue weighted by molar-refractivity contribution is 0.455. The second-order valence-electron chi connectivity index (χ2n) is 4.99. The summed E-state index contributed by atoms with van der Waals surface area (Å²) in [7, 11) is 0. The van der Waals surface area contributed by atoms with Crippen molar-refractivity contribution in [2.45, 2.75) is 13.8 Å². The van der Waals surface area contributed by atoms with Crippen molar-refractivity contribution >= 4 is 46.0 Å². The van der Waals surface area contributed by atoms with Gasteiger partial charge in [-0.25, -0.2) is 5.01 Å². The Labute approximate surface area is 154 Å². The van der Waals surface area contributed by atoms with Crippen molar-refractivity contribution in [3.05, 3.63) is 60.7 Å². The molecule has 0 bridgehead atoms. The van der Waals surface area contributed by atoms with Crippen molar-refractivity contribution in [1.29, 1.82) is 0 Å². The zero-order valence-corrected chi connectivity index (χ0v) is 15.5. The monoisotopic (exact) mass is 358 g/mol. The molecule has 0 heterocycles. The number of thiocarbonyl (C=S) groups is 2. The van der Waals surface area contributed by atoms with Gasteiger partial charge in [-0.3, -0.25) is 5.01 Å². The van der Waals surface area contributed by atoms with Crippen LogP contribution in [0.4, 0.5) is 11.4 Å². The third-order valence-electron chi connectivity index (χ3n) is 3.32. The standard InChI is InChI=1S/C18H22N4S2/c1-3-19-17(23)21(4-2)22(16-13-9-6-10-14-16)18(24)20-15-11-7-5-8-12-15/h5-14H,3-4H2,1-2H3,(H,19,23)(H,20,24). The summed E-state index contributed by atoms with van der Waals surface area (Å²) in [5.41, 5.74) is 1.89. The fourth-order valence-corrected chi connectivity index (χ4v) is 2.93. The number of para-hydroxylation sites is 2. The Hall–Kier alpha value is -2.18.